The lowest BCUT2D eigenvalue weighted by atomic mass is 9.87. The summed E-state index contributed by atoms with van der Waals surface area (Å²) in [5, 5.41) is 0. The summed E-state index contributed by atoms with van der Waals surface area (Å²) in [6, 6.07) is 14.0. The Balaban J connectivity index is 1.43. The molecule has 0 bridgehead atoms. The molecule has 164 valence electrons. The first-order valence-electron chi connectivity index (χ1n) is 10.1. The van der Waals surface area contributed by atoms with Crippen LogP contribution in [-0.4, -0.2) is 23.3 Å². The molecule has 9 heteroatoms. The number of thiazole rings is 1. The van der Waals surface area contributed by atoms with Gasteiger partial charge in [-0.3, -0.25) is 4.79 Å². The van der Waals surface area contributed by atoms with E-state index in [4.69, 9.17) is 21.9 Å². The molecule has 2 aromatic heterocycles. The maximum atomic E-state index is 13.6. The second-order valence-corrected chi connectivity index (χ2v) is 12.9. The molecule has 0 radical (unpaired) electrons. The number of anilines is 1. The average molecular weight is 517 g/mol. The third-order valence-electron chi connectivity index (χ3n) is 5.38. The van der Waals surface area contributed by atoms with E-state index in [2.05, 4.69) is 19.9 Å². The Hall–Kier alpha value is -1.78. The number of aromatic nitrogens is 1. The summed E-state index contributed by atoms with van der Waals surface area (Å²) >= 11 is 8.72. The maximum absolute atomic E-state index is 13.6. The van der Waals surface area contributed by atoms with Crippen molar-refractivity contribution >= 4 is 77.8 Å². The molecule has 0 saturated carbocycles. The lowest BCUT2D eigenvalue weighted by molar-refractivity contribution is -0.117. The Bertz CT molecular complexity index is 1380. The summed E-state index contributed by atoms with van der Waals surface area (Å²) in [7, 11) is 3.29. The van der Waals surface area contributed by atoms with Crippen molar-refractivity contribution in [2.75, 3.05) is 17.3 Å². The Kier molecular flexibility index (Phi) is 5.88. The van der Waals surface area contributed by atoms with Crippen molar-refractivity contribution in [1.29, 1.82) is 0 Å². The van der Waals surface area contributed by atoms with Crippen molar-refractivity contribution in [3.63, 3.8) is 0 Å². The fraction of sp³-hybridized carbons (Fsp3) is 0.261. The summed E-state index contributed by atoms with van der Waals surface area (Å²) in [6.45, 7) is 6.82. The minimum Gasteiger partial charge on any atom is -0.494 e. The molecule has 0 saturated heterocycles. The molecule has 4 nitrogen and oxygen atoms in total. The van der Waals surface area contributed by atoms with Gasteiger partial charge in [0.2, 0.25) is 5.91 Å². The second kappa shape index (κ2) is 8.53. The molecule has 0 spiro atoms. The van der Waals surface area contributed by atoms with Gasteiger partial charge in [0, 0.05) is 11.1 Å². The van der Waals surface area contributed by atoms with Gasteiger partial charge in [-0.05, 0) is 45.0 Å². The third-order valence-corrected chi connectivity index (χ3v) is 10.9. The molecule has 3 heterocycles. The van der Waals surface area contributed by atoms with Crippen molar-refractivity contribution in [2.45, 2.75) is 30.6 Å². The van der Waals surface area contributed by atoms with Crippen molar-refractivity contribution in [1.82, 2.24) is 4.98 Å². The van der Waals surface area contributed by atoms with Crippen LogP contribution in [-0.2, 0) is 10.3 Å². The smallest absolute Gasteiger partial charge is 0.238 e. The van der Waals surface area contributed by atoms with Crippen LogP contribution in [0.25, 0.3) is 21.3 Å². The topological polar surface area (TPSA) is 42.4 Å². The lowest BCUT2D eigenvalue weighted by Crippen LogP contribution is -2.48. The largest absolute Gasteiger partial charge is 0.494 e. The molecular formula is C23H20N2O2S5. The van der Waals surface area contributed by atoms with E-state index in [9.17, 15) is 4.79 Å². The van der Waals surface area contributed by atoms with Crippen molar-refractivity contribution in [3.8, 4) is 16.9 Å². The Morgan fingerprint density at radius 2 is 2.03 bits per heavy atom. The number of nitrogens with zero attached hydrogens (tertiary/aromatic N) is 2. The van der Waals surface area contributed by atoms with E-state index in [1.807, 2.05) is 48.2 Å². The highest BCUT2D eigenvalue weighted by molar-refractivity contribution is 8.01. The van der Waals surface area contributed by atoms with Crippen LogP contribution in [0, 0.1) is 3.82 Å². The maximum Gasteiger partial charge on any atom is 0.238 e. The number of carbonyl (C=O) groups excluding carboxylic acids is 1. The molecule has 0 fully saturated rings. The first kappa shape index (κ1) is 22.0. The number of amides is 1. The van der Waals surface area contributed by atoms with Crippen LogP contribution in [0.15, 0.2) is 46.8 Å². The summed E-state index contributed by atoms with van der Waals surface area (Å²) in [4.78, 5) is 21.4. The number of ether oxygens (including phenoxy) is 1. The van der Waals surface area contributed by atoms with Crippen molar-refractivity contribution < 1.29 is 9.53 Å². The zero-order chi connectivity index (χ0) is 22.5. The quantitative estimate of drug-likeness (QED) is 0.155. The molecule has 5 rings (SSSR count). The van der Waals surface area contributed by atoms with E-state index < -0.39 is 5.54 Å². The van der Waals surface area contributed by atoms with Crippen molar-refractivity contribution in [2.24, 2.45) is 0 Å². The zero-order valence-electron chi connectivity index (χ0n) is 17.7. The minimum atomic E-state index is -0.459. The van der Waals surface area contributed by atoms with E-state index in [0.717, 1.165) is 45.8 Å². The van der Waals surface area contributed by atoms with Gasteiger partial charge in [-0.1, -0.05) is 62.9 Å². The number of hydrogen-bond acceptors (Lipinski definition) is 8. The Morgan fingerprint density at radius 3 is 2.84 bits per heavy atom. The van der Waals surface area contributed by atoms with Gasteiger partial charge in [0.1, 0.15) is 9.57 Å². The van der Waals surface area contributed by atoms with Gasteiger partial charge in [-0.25, -0.2) is 4.98 Å². The molecule has 1 aliphatic heterocycles. The lowest BCUT2D eigenvalue weighted by Gasteiger charge is -2.42. The number of thioether (sulfide) groups is 1. The van der Waals surface area contributed by atoms with Gasteiger partial charge >= 0.3 is 0 Å². The molecule has 1 amide bonds. The molecule has 0 aliphatic carbocycles. The van der Waals surface area contributed by atoms with E-state index in [1.165, 1.54) is 11.8 Å². The summed E-state index contributed by atoms with van der Waals surface area (Å²) in [5.41, 5.74) is 3.56. The molecule has 4 aromatic rings. The van der Waals surface area contributed by atoms with E-state index in [0.29, 0.717) is 12.4 Å². The van der Waals surface area contributed by atoms with Crippen LogP contribution in [0.1, 0.15) is 25.6 Å². The fourth-order valence-corrected chi connectivity index (χ4v) is 9.24. The van der Waals surface area contributed by atoms with Crippen LogP contribution in [0.4, 0.5) is 5.69 Å². The normalized spacial score (nSPS) is 14.3. The van der Waals surface area contributed by atoms with Gasteiger partial charge in [-0.15, -0.1) is 11.3 Å². The summed E-state index contributed by atoms with van der Waals surface area (Å²) < 4.78 is 8.44. The van der Waals surface area contributed by atoms with Gasteiger partial charge in [0.15, 0.2) is 4.34 Å². The standard InChI is InChI=1S/C23H20N2O2S5/c1-4-27-13-9-10-15-17(11-13)30-22(24-15)29-12-18(26)25-16-8-6-5-7-14(16)19-20(23(25,2)3)31-32-21(19)28/h5-11H,4,12H2,1-3H3. The van der Waals surface area contributed by atoms with Crippen LogP contribution in [0.5, 0.6) is 5.75 Å². The Morgan fingerprint density at radius 1 is 1.22 bits per heavy atom. The number of para-hydroxylation sites is 1. The first-order valence-corrected chi connectivity index (χ1v) is 14.5. The number of hydrogen-bond donors (Lipinski definition) is 0. The van der Waals surface area contributed by atoms with Gasteiger partial charge in [-0.2, -0.15) is 0 Å². The summed E-state index contributed by atoms with van der Waals surface area (Å²) in [6.07, 6.45) is 0. The van der Waals surface area contributed by atoms with Crippen molar-refractivity contribution in [3.05, 3.63) is 51.2 Å². The molecule has 0 unspecified atom stereocenters. The highest BCUT2D eigenvalue weighted by atomic mass is 32.9. The zero-order valence-corrected chi connectivity index (χ0v) is 21.8. The molecular weight excluding hydrogens is 497 g/mol. The minimum absolute atomic E-state index is 0.0664. The third kappa shape index (κ3) is 3.70. The molecule has 1 aliphatic rings. The second-order valence-electron chi connectivity index (χ2n) is 7.79. The number of benzene rings is 2. The number of rotatable bonds is 5. The molecule has 2 aromatic carbocycles. The highest BCUT2D eigenvalue weighted by Crippen LogP contribution is 2.52. The van der Waals surface area contributed by atoms with Crippen LogP contribution in [0.3, 0.4) is 0 Å². The molecule has 32 heavy (non-hydrogen) atoms. The summed E-state index contributed by atoms with van der Waals surface area (Å²) in [5.74, 6) is 1.23. The molecule has 0 atom stereocenters. The van der Waals surface area contributed by atoms with E-state index >= 15 is 0 Å². The predicted molar refractivity (Wildman–Crippen MR) is 140 cm³/mol. The van der Waals surface area contributed by atoms with Gasteiger partial charge in [0.25, 0.3) is 0 Å². The monoisotopic (exact) mass is 516 g/mol. The Labute approximate surface area is 207 Å². The average Bonchev–Trinajstić information content (AvgIpc) is 3.36. The number of carbonyl (C=O) groups is 1. The van der Waals surface area contributed by atoms with Gasteiger partial charge in [0.05, 0.1) is 38.7 Å². The van der Waals surface area contributed by atoms with Crippen LogP contribution >= 0.6 is 56.0 Å². The molecule has 0 N–H and O–H groups in total. The predicted octanol–water partition coefficient (Wildman–Crippen LogP) is 7.59. The fourth-order valence-electron chi connectivity index (χ4n) is 4.01. The first-order chi connectivity index (χ1) is 15.4. The van der Waals surface area contributed by atoms with Gasteiger partial charge < -0.3 is 9.64 Å². The SMILES string of the molecule is CCOc1ccc2nc(SCC(=O)N3c4ccccc4-c4c(ssc4=S)C3(C)C)sc2c1. The van der Waals surface area contributed by atoms with E-state index in [-0.39, 0.29) is 5.91 Å². The number of fused-ring (bicyclic) bond motifs is 4. The van der Waals surface area contributed by atoms with Crippen LogP contribution in [0.2, 0.25) is 0 Å². The van der Waals surface area contributed by atoms with E-state index in [1.54, 1.807) is 32.0 Å². The highest BCUT2D eigenvalue weighted by Gasteiger charge is 2.42. The van der Waals surface area contributed by atoms with Crippen LogP contribution < -0.4 is 9.64 Å².